The summed E-state index contributed by atoms with van der Waals surface area (Å²) in [5.41, 5.74) is 0.803. The summed E-state index contributed by atoms with van der Waals surface area (Å²) in [6, 6.07) is 6.50. The Hall–Kier alpha value is -2.63. The van der Waals surface area contributed by atoms with Gasteiger partial charge >= 0.3 is 0 Å². The number of rotatable bonds is 7. The summed E-state index contributed by atoms with van der Waals surface area (Å²) in [4.78, 5) is 15.8. The second-order valence-electron chi connectivity index (χ2n) is 5.12. The van der Waals surface area contributed by atoms with Crippen LogP contribution in [0.5, 0.6) is 11.5 Å². The van der Waals surface area contributed by atoms with Gasteiger partial charge < -0.3 is 14.8 Å². The summed E-state index contributed by atoms with van der Waals surface area (Å²) in [5, 5.41) is 2.77. The molecule has 1 amide bonds. The summed E-state index contributed by atoms with van der Waals surface area (Å²) >= 11 is 0. The Labute approximate surface area is 140 Å². The van der Waals surface area contributed by atoms with Gasteiger partial charge in [-0.25, -0.2) is 4.39 Å². The minimum atomic E-state index is -0.649. The highest BCUT2D eigenvalue weighted by Crippen LogP contribution is 2.30. The third-order valence-corrected chi connectivity index (χ3v) is 3.43. The normalized spacial score (nSPS) is 11.7. The van der Waals surface area contributed by atoms with Crippen LogP contribution in [-0.2, 0) is 0 Å². The summed E-state index contributed by atoms with van der Waals surface area (Å²) in [7, 11) is 0. The van der Waals surface area contributed by atoms with Crippen molar-refractivity contribution in [3.63, 3.8) is 0 Å². The van der Waals surface area contributed by atoms with Crippen molar-refractivity contribution >= 4 is 5.91 Å². The molecule has 0 saturated carbocycles. The molecule has 0 spiro atoms. The first-order chi connectivity index (χ1) is 11.6. The average Bonchev–Trinajstić information content (AvgIpc) is 2.57. The number of halogens is 1. The van der Waals surface area contributed by atoms with Crippen molar-refractivity contribution in [3.05, 3.63) is 53.6 Å². The van der Waals surface area contributed by atoms with Gasteiger partial charge in [0.1, 0.15) is 0 Å². The van der Waals surface area contributed by atoms with Gasteiger partial charge in [-0.15, -0.1) is 0 Å². The van der Waals surface area contributed by atoms with E-state index in [-0.39, 0.29) is 11.6 Å². The molecule has 0 saturated heterocycles. The van der Waals surface area contributed by atoms with E-state index in [9.17, 15) is 9.18 Å². The van der Waals surface area contributed by atoms with Crippen LogP contribution in [0, 0.1) is 5.82 Å². The molecule has 5 nitrogen and oxygen atoms in total. The van der Waals surface area contributed by atoms with Crippen LogP contribution in [0.25, 0.3) is 0 Å². The van der Waals surface area contributed by atoms with Crippen LogP contribution < -0.4 is 14.8 Å². The lowest BCUT2D eigenvalue weighted by Gasteiger charge is -2.17. The van der Waals surface area contributed by atoms with Gasteiger partial charge in [0.15, 0.2) is 17.3 Å². The van der Waals surface area contributed by atoms with E-state index in [1.165, 1.54) is 12.3 Å². The van der Waals surface area contributed by atoms with Crippen molar-refractivity contribution < 1.29 is 18.7 Å². The number of amides is 1. The minimum Gasteiger partial charge on any atom is -0.490 e. The maximum absolute atomic E-state index is 13.6. The number of nitrogens with zero attached hydrogens (tertiary/aromatic N) is 1. The fourth-order valence-electron chi connectivity index (χ4n) is 2.25. The van der Waals surface area contributed by atoms with E-state index >= 15 is 0 Å². The summed E-state index contributed by atoms with van der Waals surface area (Å²) in [6.07, 6.45) is 2.40. The van der Waals surface area contributed by atoms with Gasteiger partial charge in [0.05, 0.1) is 31.0 Å². The number of hydrogen-bond donors (Lipinski definition) is 1. The van der Waals surface area contributed by atoms with E-state index in [2.05, 4.69) is 10.3 Å². The standard InChI is InChI=1S/C18H21FN2O3/c1-4-23-16-7-6-13(10-17(16)24-5-2)12(3)21-18(22)14-8-9-20-11-15(14)19/h6-12H,4-5H2,1-3H3,(H,21,22)/t12-/m0/s1. The Balaban J connectivity index is 2.17. The van der Waals surface area contributed by atoms with Crippen molar-refractivity contribution in [1.29, 1.82) is 0 Å². The Bertz CT molecular complexity index is 706. The molecule has 0 radical (unpaired) electrons. The molecule has 1 atom stereocenters. The smallest absolute Gasteiger partial charge is 0.254 e. The maximum atomic E-state index is 13.6. The zero-order valence-electron chi connectivity index (χ0n) is 14.0. The van der Waals surface area contributed by atoms with E-state index in [0.29, 0.717) is 24.7 Å². The SMILES string of the molecule is CCOc1ccc([C@H](C)NC(=O)c2ccncc2F)cc1OCC. The van der Waals surface area contributed by atoms with Crippen LogP contribution in [-0.4, -0.2) is 24.1 Å². The first kappa shape index (κ1) is 17.7. The fourth-order valence-corrected chi connectivity index (χ4v) is 2.25. The molecule has 6 heteroatoms. The first-order valence-corrected chi connectivity index (χ1v) is 7.86. The van der Waals surface area contributed by atoms with Crippen LogP contribution >= 0.6 is 0 Å². The first-order valence-electron chi connectivity index (χ1n) is 7.86. The molecule has 0 aliphatic carbocycles. The molecule has 0 unspecified atom stereocenters. The maximum Gasteiger partial charge on any atom is 0.254 e. The molecule has 1 heterocycles. The van der Waals surface area contributed by atoms with Gasteiger partial charge in [-0.1, -0.05) is 6.07 Å². The predicted octanol–water partition coefficient (Wildman–Crippen LogP) is 3.51. The molecule has 128 valence electrons. The number of carbonyl (C=O) groups is 1. The van der Waals surface area contributed by atoms with E-state index < -0.39 is 11.7 Å². The highest BCUT2D eigenvalue weighted by atomic mass is 19.1. The molecule has 1 aromatic heterocycles. The van der Waals surface area contributed by atoms with Gasteiger partial charge in [0.2, 0.25) is 0 Å². The van der Waals surface area contributed by atoms with Crippen molar-refractivity contribution in [3.8, 4) is 11.5 Å². The molecule has 0 bridgehead atoms. The topological polar surface area (TPSA) is 60.5 Å². The third kappa shape index (κ3) is 4.22. The number of nitrogens with one attached hydrogen (secondary N) is 1. The number of hydrogen-bond acceptors (Lipinski definition) is 4. The second-order valence-corrected chi connectivity index (χ2v) is 5.12. The van der Waals surface area contributed by atoms with Gasteiger partial charge in [0.25, 0.3) is 5.91 Å². The molecule has 0 fully saturated rings. The van der Waals surface area contributed by atoms with Crippen molar-refractivity contribution in [1.82, 2.24) is 10.3 Å². The lowest BCUT2D eigenvalue weighted by molar-refractivity contribution is 0.0935. The van der Waals surface area contributed by atoms with Crippen LogP contribution in [0.15, 0.2) is 36.7 Å². The van der Waals surface area contributed by atoms with Crippen molar-refractivity contribution in [2.45, 2.75) is 26.8 Å². The lowest BCUT2D eigenvalue weighted by atomic mass is 10.1. The molecule has 0 aliphatic rings. The third-order valence-electron chi connectivity index (χ3n) is 3.43. The molecule has 1 N–H and O–H groups in total. The van der Waals surface area contributed by atoms with Gasteiger partial charge in [-0.3, -0.25) is 9.78 Å². The van der Waals surface area contributed by atoms with Crippen LogP contribution in [0.4, 0.5) is 4.39 Å². The van der Waals surface area contributed by atoms with E-state index in [0.717, 1.165) is 11.8 Å². The molecule has 24 heavy (non-hydrogen) atoms. The Morgan fingerprint density at radius 2 is 1.92 bits per heavy atom. The van der Waals surface area contributed by atoms with E-state index in [4.69, 9.17) is 9.47 Å². The number of pyridine rings is 1. The van der Waals surface area contributed by atoms with Crippen LogP contribution in [0.2, 0.25) is 0 Å². The number of ether oxygens (including phenoxy) is 2. The fraction of sp³-hybridized carbons (Fsp3) is 0.333. The quantitative estimate of drug-likeness (QED) is 0.843. The summed E-state index contributed by atoms with van der Waals surface area (Å²) in [6.45, 7) is 6.65. The van der Waals surface area contributed by atoms with Crippen molar-refractivity contribution in [2.75, 3.05) is 13.2 Å². The molecule has 2 rings (SSSR count). The van der Waals surface area contributed by atoms with E-state index in [1.54, 1.807) is 6.07 Å². The molecule has 2 aromatic rings. The monoisotopic (exact) mass is 332 g/mol. The predicted molar refractivity (Wildman–Crippen MR) is 88.9 cm³/mol. The average molecular weight is 332 g/mol. The Morgan fingerprint density at radius 1 is 1.21 bits per heavy atom. The number of aromatic nitrogens is 1. The number of carbonyl (C=O) groups excluding carboxylic acids is 1. The zero-order valence-corrected chi connectivity index (χ0v) is 14.0. The lowest BCUT2D eigenvalue weighted by Crippen LogP contribution is -2.27. The molecular weight excluding hydrogens is 311 g/mol. The molecular formula is C18H21FN2O3. The second kappa shape index (κ2) is 8.29. The summed E-state index contributed by atoms with van der Waals surface area (Å²) in [5.74, 6) is 0.132. The molecule has 1 aromatic carbocycles. The van der Waals surface area contributed by atoms with Crippen molar-refractivity contribution in [2.24, 2.45) is 0 Å². The highest BCUT2D eigenvalue weighted by molar-refractivity contribution is 5.94. The van der Waals surface area contributed by atoms with Gasteiger partial charge in [-0.2, -0.15) is 0 Å². The number of benzene rings is 1. The van der Waals surface area contributed by atoms with Gasteiger partial charge in [-0.05, 0) is 44.5 Å². The zero-order chi connectivity index (χ0) is 17.5. The Kier molecular flexibility index (Phi) is 6.12. The summed E-state index contributed by atoms with van der Waals surface area (Å²) < 4.78 is 24.7. The van der Waals surface area contributed by atoms with Crippen LogP contribution in [0.1, 0.15) is 42.7 Å². The largest absolute Gasteiger partial charge is 0.490 e. The van der Waals surface area contributed by atoms with Crippen LogP contribution in [0.3, 0.4) is 0 Å². The molecule has 0 aliphatic heterocycles. The van der Waals surface area contributed by atoms with E-state index in [1.807, 2.05) is 32.9 Å². The van der Waals surface area contributed by atoms with Gasteiger partial charge in [0, 0.05) is 6.20 Å². The Morgan fingerprint density at radius 3 is 2.58 bits per heavy atom. The minimum absolute atomic E-state index is 0.0344. The highest BCUT2D eigenvalue weighted by Gasteiger charge is 2.16.